The Morgan fingerprint density at radius 1 is 1.00 bits per heavy atom. The molecule has 0 radical (unpaired) electrons. The monoisotopic (exact) mass is 251 g/mol. The first-order valence-corrected chi connectivity index (χ1v) is 5.28. The summed E-state index contributed by atoms with van der Waals surface area (Å²) >= 11 is 0. The van der Waals surface area contributed by atoms with Crippen LogP contribution in [-0.4, -0.2) is 0 Å². The summed E-state index contributed by atoms with van der Waals surface area (Å²) in [6.07, 6.45) is 0. The molecule has 2 N–H and O–H groups in total. The molecule has 3 heteroatoms. The molecule has 1 nitrogen and oxygen atoms in total. The lowest BCUT2D eigenvalue weighted by Gasteiger charge is -2.08. The summed E-state index contributed by atoms with van der Waals surface area (Å²) in [4.78, 5) is 0. The van der Waals surface area contributed by atoms with Gasteiger partial charge in [-0.3, -0.25) is 0 Å². The van der Waals surface area contributed by atoms with Crippen molar-refractivity contribution in [2.24, 2.45) is 5.73 Å². The third-order valence-electron chi connectivity index (χ3n) is 2.59. The fourth-order valence-corrected chi connectivity index (χ4v) is 1.64. The van der Waals surface area contributed by atoms with E-state index < -0.39 is 0 Å². The zero-order valence-electron chi connectivity index (χ0n) is 9.56. The van der Waals surface area contributed by atoms with Gasteiger partial charge in [-0.1, -0.05) is 30.3 Å². The van der Waals surface area contributed by atoms with E-state index in [2.05, 4.69) is 0 Å². The zero-order valence-corrected chi connectivity index (χ0v) is 10.4. The number of nitrogens with two attached hydrogens (primary N) is 1. The second kappa shape index (κ2) is 5.80. The standard InChI is InChI=1S/C14H14FN.ClH/c1-10(16)12-3-2-4-13(9-12)11-5-7-14(15)8-6-11;/h2-10H,16H2,1H3;1H. The Kier molecular flexibility index (Phi) is 4.67. The maximum atomic E-state index is 12.8. The average Bonchev–Trinajstić information content (AvgIpc) is 2.30. The first kappa shape index (κ1) is 13.7. The van der Waals surface area contributed by atoms with Crippen molar-refractivity contribution in [1.82, 2.24) is 0 Å². The highest BCUT2D eigenvalue weighted by Gasteiger charge is 2.02. The van der Waals surface area contributed by atoms with E-state index in [1.165, 1.54) is 12.1 Å². The molecule has 0 bridgehead atoms. The highest BCUT2D eigenvalue weighted by Crippen LogP contribution is 2.22. The number of rotatable bonds is 2. The molecule has 0 aliphatic heterocycles. The highest BCUT2D eigenvalue weighted by atomic mass is 35.5. The van der Waals surface area contributed by atoms with Gasteiger partial charge in [0.15, 0.2) is 0 Å². The van der Waals surface area contributed by atoms with Gasteiger partial charge in [-0.2, -0.15) is 0 Å². The molecule has 1 atom stereocenters. The van der Waals surface area contributed by atoms with E-state index in [9.17, 15) is 4.39 Å². The maximum Gasteiger partial charge on any atom is 0.123 e. The molecule has 2 rings (SSSR count). The Bertz CT molecular complexity index is 480. The Morgan fingerprint density at radius 3 is 2.24 bits per heavy atom. The number of hydrogen-bond acceptors (Lipinski definition) is 1. The quantitative estimate of drug-likeness (QED) is 0.860. The molecule has 2 aromatic rings. The van der Waals surface area contributed by atoms with Crippen molar-refractivity contribution >= 4 is 12.4 Å². The molecule has 0 aliphatic carbocycles. The van der Waals surface area contributed by atoms with Gasteiger partial charge < -0.3 is 5.73 Å². The van der Waals surface area contributed by atoms with Crippen LogP contribution >= 0.6 is 12.4 Å². The van der Waals surface area contributed by atoms with E-state index in [4.69, 9.17) is 5.73 Å². The molecule has 0 aliphatic rings. The van der Waals surface area contributed by atoms with E-state index in [-0.39, 0.29) is 24.3 Å². The smallest absolute Gasteiger partial charge is 0.123 e. The van der Waals surface area contributed by atoms with Crippen LogP contribution in [0.3, 0.4) is 0 Å². The van der Waals surface area contributed by atoms with Gasteiger partial charge in [-0.25, -0.2) is 4.39 Å². The fraction of sp³-hybridized carbons (Fsp3) is 0.143. The lowest BCUT2D eigenvalue weighted by Crippen LogP contribution is -2.04. The highest BCUT2D eigenvalue weighted by molar-refractivity contribution is 5.85. The molecule has 0 saturated carbocycles. The van der Waals surface area contributed by atoms with E-state index >= 15 is 0 Å². The summed E-state index contributed by atoms with van der Waals surface area (Å²) in [7, 11) is 0. The second-order valence-electron chi connectivity index (χ2n) is 3.92. The average molecular weight is 252 g/mol. The fourth-order valence-electron chi connectivity index (χ4n) is 1.64. The first-order chi connectivity index (χ1) is 7.66. The first-order valence-electron chi connectivity index (χ1n) is 5.28. The third kappa shape index (κ3) is 3.29. The van der Waals surface area contributed by atoms with Gasteiger partial charge >= 0.3 is 0 Å². The minimum Gasteiger partial charge on any atom is -0.324 e. The lowest BCUT2D eigenvalue weighted by atomic mass is 10.0. The third-order valence-corrected chi connectivity index (χ3v) is 2.59. The van der Waals surface area contributed by atoms with Crippen LogP contribution in [0.4, 0.5) is 4.39 Å². The van der Waals surface area contributed by atoms with Crippen LogP contribution in [0.1, 0.15) is 18.5 Å². The largest absolute Gasteiger partial charge is 0.324 e. The minimum atomic E-state index is -0.216. The van der Waals surface area contributed by atoms with Crippen molar-refractivity contribution in [2.45, 2.75) is 13.0 Å². The Hall–Kier alpha value is -1.38. The van der Waals surface area contributed by atoms with Crippen LogP contribution in [-0.2, 0) is 0 Å². The van der Waals surface area contributed by atoms with Crippen molar-refractivity contribution in [1.29, 1.82) is 0 Å². The minimum absolute atomic E-state index is 0. The maximum absolute atomic E-state index is 12.8. The van der Waals surface area contributed by atoms with Crippen molar-refractivity contribution < 1.29 is 4.39 Å². The Balaban J connectivity index is 0.00000144. The molecule has 90 valence electrons. The molecule has 17 heavy (non-hydrogen) atoms. The van der Waals surface area contributed by atoms with Crippen LogP contribution in [0.15, 0.2) is 48.5 Å². The molecule has 0 amide bonds. The Morgan fingerprint density at radius 2 is 1.65 bits per heavy atom. The normalized spacial score (nSPS) is 11.7. The summed E-state index contributed by atoms with van der Waals surface area (Å²) in [5.41, 5.74) is 8.98. The van der Waals surface area contributed by atoms with Crippen LogP contribution in [0.2, 0.25) is 0 Å². The molecule has 0 aromatic heterocycles. The lowest BCUT2D eigenvalue weighted by molar-refractivity contribution is 0.628. The van der Waals surface area contributed by atoms with Crippen LogP contribution in [0.25, 0.3) is 11.1 Å². The van der Waals surface area contributed by atoms with Crippen molar-refractivity contribution in [2.75, 3.05) is 0 Å². The van der Waals surface area contributed by atoms with Gasteiger partial charge in [-0.05, 0) is 41.8 Å². The molecule has 0 fully saturated rings. The second-order valence-corrected chi connectivity index (χ2v) is 3.92. The van der Waals surface area contributed by atoms with Gasteiger partial charge in [0.2, 0.25) is 0 Å². The molecule has 2 aromatic carbocycles. The molecular weight excluding hydrogens is 237 g/mol. The van der Waals surface area contributed by atoms with Gasteiger partial charge in [0.25, 0.3) is 0 Å². The van der Waals surface area contributed by atoms with Gasteiger partial charge in [0.05, 0.1) is 0 Å². The van der Waals surface area contributed by atoms with E-state index in [0.717, 1.165) is 16.7 Å². The Labute approximate surface area is 107 Å². The summed E-state index contributed by atoms with van der Waals surface area (Å²) < 4.78 is 12.8. The summed E-state index contributed by atoms with van der Waals surface area (Å²) in [5.74, 6) is -0.216. The molecule has 1 unspecified atom stereocenters. The predicted molar refractivity (Wildman–Crippen MR) is 71.7 cm³/mol. The SMILES string of the molecule is CC(N)c1cccc(-c2ccc(F)cc2)c1.Cl. The van der Waals surface area contributed by atoms with Crippen LogP contribution in [0.5, 0.6) is 0 Å². The van der Waals surface area contributed by atoms with Crippen molar-refractivity contribution in [3.05, 3.63) is 59.9 Å². The number of benzene rings is 2. The van der Waals surface area contributed by atoms with Gasteiger partial charge in [-0.15, -0.1) is 12.4 Å². The summed E-state index contributed by atoms with van der Waals surface area (Å²) in [5, 5.41) is 0. The van der Waals surface area contributed by atoms with Gasteiger partial charge in [0.1, 0.15) is 5.82 Å². The molecule has 0 heterocycles. The summed E-state index contributed by atoms with van der Waals surface area (Å²) in [6.45, 7) is 1.95. The van der Waals surface area contributed by atoms with Crippen LogP contribution < -0.4 is 5.73 Å². The van der Waals surface area contributed by atoms with Crippen LogP contribution in [0, 0.1) is 5.82 Å². The van der Waals surface area contributed by atoms with Crippen molar-refractivity contribution in [3.63, 3.8) is 0 Å². The number of hydrogen-bond donors (Lipinski definition) is 1. The van der Waals surface area contributed by atoms with Crippen molar-refractivity contribution in [3.8, 4) is 11.1 Å². The summed E-state index contributed by atoms with van der Waals surface area (Å²) in [6, 6.07) is 14.5. The predicted octanol–water partition coefficient (Wildman–Crippen LogP) is 3.93. The zero-order chi connectivity index (χ0) is 11.5. The van der Waals surface area contributed by atoms with E-state index in [1.807, 2.05) is 31.2 Å². The van der Waals surface area contributed by atoms with E-state index in [0.29, 0.717) is 0 Å². The van der Waals surface area contributed by atoms with Gasteiger partial charge in [0, 0.05) is 6.04 Å². The topological polar surface area (TPSA) is 26.0 Å². The molecular formula is C14H15ClFN. The number of halogens is 2. The molecule has 0 saturated heterocycles. The van der Waals surface area contributed by atoms with E-state index in [1.54, 1.807) is 12.1 Å². The molecule has 0 spiro atoms.